The molecule has 11 heteroatoms. The van der Waals surface area contributed by atoms with Gasteiger partial charge in [0.15, 0.2) is 0 Å². The van der Waals surface area contributed by atoms with Gasteiger partial charge in [-0.05, 0) is 49.4 Å². The molecule has 4 atom stereocenters. The molecule has 4 nitrogen and oxygen atoms in total. The molecular formula is C28H60O4P2S4Zn. The minimum atomic E-state index is -2.46. The third-order valence-corrected chi connectivity index (χ3v) is 11.4. The van der Waals surface area contributed by atoms with E-state index in [9.17, 15) is 0 Å². The first-order valence-electron chi connectivity index (χ1n) is 15.2. The van der Waals surface area contributed by atoms with Crippen molar-refractivity contribution < 1.29 is 37.6 Å². The molecule has 0 heterocycles. The Kier molecular flexibility index (Phi) is 34.3. The van der Waals surface area contributed by atoms with Gasteiger partial charge in [-0.3, -0.25) is 0 Å². The quantitative estimate of drug-likeness (QED) is 0.0555. The second-order valence-electron chi connectivity index (χ2n) is 10.3. The van der Waals surface area contributed by atoms with Gasteiger partial charge in [0.1, 0.15) is 0 Å². The van der Waals surface area contributed by atoms with E-state index >= 15 is 0 Å². The Bertz CT molecular complexity index is 538. The smallest absolute Gasteiger partial charge is 0.691 e. The van der Waals surface area contributed by atoms with Gasteiger partial charge in [-0.1, -0.05) is 130 Å². The van der Waals surface area contributed by atoms with Gasteiger partial charge in [0.25, 0.3) is 0 Å². The number of hydrogen-bond donors (Lipinski definition) is 0. The van der Waals surface area contributed by atoms with Crippen LogP contribution in [0.25, 0.3) is 0 Å². The Hall–Kier alpha value is 2.46. The van der Waals surface area contributed by atoms with Crippen LogP contribution in [0, 0.1) is 23.7 Å². The Morgan fingerprint density at radius 2 is 0.641 bits per heavy atom. The molecule has 39 heavy (non-hydrogen) atoms. The van der Waals surface area contributed by atoms with Gasteiger partial charge in [0, 0.05) is 0 Å². The third-order valence-electron chi connectivity index (χ3n) is 6.97. The maximum atomic E-state index is 5.73. The van der Waals surface area contributed by atoms with Crippen molar-refractivity contribution in [2.45, 2.75) is 132 Å². The fourth-order valence-electron chi connectivity index (χ4n) is 4.12. The first kappa shape index (κ1) is 45.9. The predicted octanol–water partition coefficient (Wildman–Crippen LogP) is 10.9. The van der Waals surface area contributed by atoms with Crippen LogP contribution in [0.1, 0.15) is 132 Å². The SMILES string of the molecule is CCCC(CC)COP(=S)([S-])OCC(CC)CCC.CCCC(CC)COP(=S)([S-])OCC(CC)CCC.[Zn+2]. The normalized spacial score (nSPS) is 17.5. The number of rotatable bonds is 24. The standard InChI is InChI=1S/2C14H31O2PS2.Zn/c2*1-5-9-13(7-3)11-15-17(18,19)16-12-14(8-4)10-6-2;/h2*13-14H,5-12H2,1-4H3,(H,18,19);/q;;+2/p-2. The number of hydrogen-bond acceptors (Lipinski definition) is 8. The molecule has 0 fully saturated rings. The van der Waals surface area contributed by atoms with E-state index in [0.717, 1.165) is 25.7 Å². The molecule has 0 amide bonds. The van der Waals surface area contributed by atoms with Gasteiger partial charge in [0.05, 0.1) is 37.8 Å². The molecule has 0 aromatic rings. The molecular weight excluding hydrogens is 656 g/mol. The summed E-state index contributed by atoms with van der Waals surface area (Å²) < 4.78 is 22.9. The summed E-state index contributed by atoms with van der Waals surface area (Å²) in [6.07, 6.45) is 13.9. The zero-order valence-corrected chi connectivity index (χ0v) is 34.5. The first-order chi connectivity index (χ1) is 18.0. The fourth-order valence-corrected chi connectivity index (χ4v) is 7.30. The van der Waals surface area contributed by atoms with Gasteiger partial charge in [0.2, 0.25) is 0 Å². The summed E-state index contributed by atoms with van der Waals surface area (Å²) in [4.78, 5) is 0. The molecule has 0 aliphatic carbocycles. The minimum Gasteiger partial charge on any atom is -0.691 e. The van der Waals surface area contributed by atoms with Gasteiger partial charge in [-0.15, -0.1) is 0 Å². The Morgan fingerprint density at radius 3 is 0.769 bits per heavy atom. The molecule has 0 spiro atoms. The zero-order chi connectivity index (χ0) is 29.5. The summed E-state index contributed by atoms with van der Waals surface area (Å²) in [5.41, 5.74) is -4.91. The van der Waals surface area contributed by atoms with E-state index in [4.69, 9.17) is 66.2 Å². The fraction of sp³-hybridized carbons (Fsp3) is 1.00. The van der Waals surface area contributed by atoms with Crippen LogP contribution in [-0.2, 0) is 85.7 Å². The molecule has 0 aliphatic rings. The first-order valence-corrected chi connectivity index (χ1v) is 22.5. The molecule has 0 aromatic carbocycles. The minimum absolute atomic E-state index is 0. The van der Waals surface area contributed by atoms with E-state index in [1.807, 2.05) is 0 Å². The molecule has 0 aliphatic heterocycles. The molecule has 0 N–H and O–H groups in total. The molecule has 0 aromatic heterocycles. The topological polar surface area (TPSA) is 36.9 Å². The molecule has 0 rings (SSSR count). The third kappa shape index (κ3) is 27.7. The van der Waals surface area contributed by atoms with Crippen molar-refractivity contribution >= 4 is 59.5 Å². The van der Waals surface area contributed by atoms with Crippen LogP contribution in [0.15, 0.2) is 0 Å². The molecule has 0 saturated carbocycles. The van der Waals surface area contributed by atoms with Gasteiger partial charge < -0.3 is 42.6 Å². The maximum Gasteiger partial charge on any atom is 2.00 e. The van der Waals surface area contributed by atoms with Crippen LogP contribution in [-0.4, -0.2) is 26.4 Å². The van der Waals surface area contributed by atoms with E-state index in [0.29, 0.717) is 50.1 Å². The van der Waals surface area contributed by atoms with Crippen LogP contribution in [0.4, 0.5) is 0 Å². The summed E-state index contributed by atoms with van der Waals surface area (Å²) in [5, 5.41) is 0. The summed E-state index contributed by atoms with van der Waals surface area (Å²) in [6, 6.07) is 0. The summed E-state index contributed by atoms with van der Waals surface area (Å²) in [5.74, 6) is 2.26. The van der Waals surface area contributed by atoms with Crippen molar-refractivity contribution in [2.75, 3.05) is 26.4 Å². The van der Waals surface area contributed by atoms with Gasteiger partial charge in [-0.2, -0.15) is 0 Å². The largest absolute Gasteiger partial charge is 2.00 e. The summed E-state index contributed by atoms with van der Waals surface area (Å²) in [7, 11) is 0. The molecule has 0 saturated heterocycles. The average molecular weight is 716 g/mol. The van der Waals surface area contributed by atoms with Crippen molar-refractivity contribution in [1.82, 2.24) is 0 Å². The average Bonchev–Trinajstić information content (AvgIpc) is 2.89. The Balaban J connectivity index is -0.000000648. The zero-order valence-electron chi connectivity index (χ0n) is 26.5. The van der Waals surface area contributed by atoms with Crippen molar-refractivity contribution in [3.63, 3.8) is 0 Å². The Labute approximate surface area is 277 Å². The van der Waals surface area contributed by atoms with Crippen molar-refractivity contribution in [1.29, 1.82) is 0 Å². The van der Waals surface area contributed by atoms with E-state index in [2.05, 4.69) is 55.4 Å². The van der Waals surface area contributed by atoms with Crippen LogP contribution in [0.5, 0.6) is 0 Å². The van der Waals surface area contributed by atoms with Crippen LogP contribution in [0.2, 0.25) is 0 Å². The van der Waals surface area contributed by atoms with Crippen molar-refractivity contribution in [2.24, 2.45) is 23.7 Å². The second kappa shape index (κ2) is 29.2. The molecule has 0 radical (unpaired) electrons. The van der Waals surface area contributed by atoms with Crippen LogP contribution < -0.4 is 0 Å². The monoisotopic (exact) mass is 714 g/mol. The molecule has 0 bridgehead atoms. The van der Waals surface area contributed by atoms with Crippen molar-refractivity contribution in [3.8, 4) is 0 Å². The summed E-state index contributed by atoms with van der Waals surface area (Å²) >= 11 is 21.3. The van der Waals surface area contributed by atoms with Crippen LogP contribution in [0.3, 0.4) is 0 Å². The molecule has 232 valence electrons. The van der Waals surface area contributed by atoms with E-state index in [1.165, 1.54) is 51.4 Å². The second-order valence-corrected chi connectivity index (χ2v) is 20.3. The van der Waals surface area contributed by atoms with E-state index < -0.39 is 11.4 Å². The maximum absolute atomic E-state index is 5.73. The summed E-state index contributed by atoms with van der Waals surface area (Å²) in [6.45, 7) is 20.2. The van der Waals surface area contributed by atoms with Gasteiger partial charge in [-0.25, -0.2) is 0 Å². The Morgan fingerprint density at radius 1 is 0.462 bits per heavy atom. The molecule has 4 unspecified atom stereocenters. The van der Waals surface area contributed by atoms with E-state index in [-0.39, 0.29) is 19.5 Å². The van der Waals surface area contributed by atoms with Crippen LogP contribution >= 0.6 is 11.4 Å². The van der Waals surface area contributed by atoms with E-state index in [1.54, 1.807) is 0 Å². The van der Waals surface area contributed by atoms with Gasteiger partial charge >= 0.3 is 19.5 Å². The van der Waals surface area contributed by atoms with Crippen molar-refractivity contribution in [3.05, 3.63) is 0 Å². The predicted molar refractivity (Wildman–Crippen MR) is 182 cm³/mol.